The van der Waals surface area contributed by atoms with E-state index in [4.69, 9.17) is 16.7 Å². The molecule has 7 heteroatoms. The number of anilines is 1. The van der Waals surface area contributed by atoms with Crippen LogP contribution in [0.15, 0.2) is 18.2 Å². The fourth-order valence-corrected chi connectivity index (χ4v) is 2.38. The maximum absolute atomic E-state index is 12.7. The van der Waals surface area contributed by atoms with Crippen molar-refractivity contribution in [1.82, 2.24) is 5.32 Å². The van der Waals surface area contributed by atoms with Gasteiger partial charge in [-0.1, -0.05) is 30.7 Å². The molecule has 0 fully saturated rings. The number of halogens is 4. The molecule has 1 rings (SSSR count). The molecule has 0 aliphatic heterocycles. The lowest BCUT2D eigenvalue weighted by Gasteiger charge is -2.28. The second-order valence-electron chi connectivity index (χ2n) is 4.68. The van der Waals surface area contributed by atoms with Crippen LogP contribution in [-0.4, -0.2) is 37.5 Å². The smallest absolute Gasteiger partial charge is 0.395 e. The van der Waals surface area contributed by atoms with Gasteiger partial charge in [0.15, 0.2) is 0 Å². The Hall–Kier alpha value is -0.980. The number of aliphatic hydroxyl groups excluding tert-OH is 1. The lowest BCUT2D eigenvalue weighted by Crippen LogP contribution is -2.37. The molecule has 2 N–H and O–H groups in total. The molecule has 0 aliphatic carbocycles. The molecule has 1 aromatic rings. The first kappa shape index (κ1) is 18.1. The molecule has 0 unspecified atom stereocenters. The molecule has 0 saturated carbocycles. The van der Waals surface area contributed by atoms with Crippen LogP contribution >= 0.6 is 11.6 Å². The summed E-state index contributed by atoms with van der Waals surface area (Å²) in [6, 6.07) is 5.01. The van der Waals surface area contributed by atoms with E-state index in [0.29, 0.717) is 17.8 Å². The third-order valence-electron chi connectivity index (χ3n) is 2.87. The van der Waals surface area contributed by atoms with Crippen molar-refractivity contribution in [3.05, 3.63) is 28.8 Å². The predicted octanol–water partition coefficient (Wildman–Crippen LogP) is 3.20. The van der Waals surface area contributed by atoms with Crippen LogP contribution in [-0.2, 0) is 6.54 Å². The summed E-state index contributed by atoms with van der Waals surface area (Å²) < 4.78 is 38.1. The number of nitrogens with zero attached hydrogens (tertiary/aromatic N) is 1. The Balaban J connectivity index is 3.04. The van der Waals surface area contributed by atoms with E-state index in [0.717, 1.165) is 17.9 Å². The largest absolute Gasteiger partial charge is 0.405 e. The van der Waals surface area contributed by atoms with Crippen LogP contribution in [0.5, 0.6) is 0 Å². The fourth-order valence-electron chi connectivity index (χ4n) is 2.06. The van der Waals surface area contributed by atoms with Crippen molar-refractivity contribution in [2.75, 3.05) is 31.1 Å². The molecule has 0 amide bonds. The second kappa shape index (κ2) is 8.46. The van der Waals surface area contributed by atoms with Gasteiger partial charge in [0.05, 0.1) is 17.3 Å². The average Bonchev–Trinajstić information content (AvgIpc) is 2.37. The molecule has 1 aromatic carbocycles. The summed E-state index contributed by atoms with van der Waals surface area (Å²) in [4.78, 5) is 1.07. The van der Waals surface area contributed by atoms with Gasteiger partial charge in [-0.2, -0.15) is 13.2 Å². The zero-order chi connectivity index (χ0) is 15.9. The van der Waals surface area contributed by atoms with Crippen LogP contribution in [0.25, 0.3) is 0 Å². The molecule has 0 heterocycles. The molecule has 0 bridgehead atoms. The average molecular weight is 325 g/mol. The first-order chi connectivity index (χ1) is 9.89. The van der Waals surface area contributed by atoms with E-state index in [1.807, 2.05) is 6.92 Å². The normalized spacial score (nSPS) is 11.7. The van der Waals surface area contributed by atoms with E-state index in [2.05, 4.69) is 5.32 Å². The molecule has 0 saturated heterocycles. The van der Waals surface area contributed by atoms with Gasteiger partial charge in [-0.3, -0.25) is 0 Å². The Morgan fingerprint density at radius 2 is 2.05 bits per heavy atom. The number of alkyl halides is 3. The molecule has 120 valence electrons. The molecular formula is C14H20ClF3N2O. The number of benzene rings is 1. The van der Waals surface area contributed by atoms with Crippen molar-refractivity contribution in [3.8, 4) is 0 Å². The highest BCUT2D eigenvalue weighted by molar-refractivity contribution is 6.33. The van der Waals surface area contributed by atoms with Crippen molar-refractivity contribution >= 4 is 17.3 Å². The number of para-hydroxylation sites is 1. The third-order valence-corrected chi connectivity index (χ3v) is 3.17. The standard InChI is InChI=1S/C14H20ClF3N2O/c1-2-6-19-9-11-4-3-5-12(15)13(11)20(7-8-21)10-14(16,17)18/h3-5,19,21H,2,6-10H2,1H3. The van der Waals surface area contributed by atoms with E-state index < -0.39 is 12.7 Å². The van der Waals surface area contributed by atoms with Crippen LogP contribution < -0.4 is 10.2 Å². The lowest BCUT2D eigenvalue weighted by atomic mass is 10.1. The quantitative estimate of drug-likeness (QED) is 0.721. The monoisotopic (exact) mass is 324 g/mol. The Bertz CT molecular complexity index is 441. The first-order valence-corrected chi connectivity index (χ1v) is 7.17. The van der Waals surface area contributed by atoms with Gasteiger partial charge < -0.3 is 15.3 Å². The molecule has 0 radical (unpaired) electrons. The van der Waals surface area contributed by atoms with Crippen molar-refractivity contribution in [1.29, 1.82) is 0 Å². The fraction of sp³-hybridized carbons (Fsp3) is 0.571. The summed E-state index contributed by atoms with van der Waals surface area (Å²) in [5.74, 6) is 0. The van der Waals surface area contributed by atoms with Crippen LogP contribution in [0.3, 0.4) is 0 Å². The van der Waals surface area contributed by atoms with E-state index in [-0.39, 0.29) is 18.2 Å². The predicted molar refractivity (Wildman–Crippen MR) is 78.8 cm³/mol. The molecule has 0 atom stereocenters. The lowest BCUT2D eigenvalue weighted by molar-refractivity contribution is -0.119. The molecule has 3 nitrogen and oxygen atoms in total. The minimum absolute atomic E-state index is 0.121. The Labute approximate surface area is 127 Å². The summed E-state index contributed by atoms with van der Waals surface area (Å²) >= 11 is 6.08. The highest BCUT2D eigenvalue weighted by Crippen LogP contribution is 2.32. The van der Waals surface area contributed by atoms with Gasteiger partial charge in [0.25, 0.3) is 0 Å². The van der Waals surface area contributed by atoms with Gasteiger partial charge in [0.1, 0.15) is 6.54 Å². The molecule has 0 spiro atoms. The number of nitrogens with one attached hydrogen (secondary N) is 1. The molecule has 0 aromatic heterocycles. The SMILES string of the molecule is CCCNCc1cccc(Cl)c1N(CCO)CC(F)(F)F. The van der Waals surface area contributed by atoms with Crippen molar-refractivity contribution < 1.29 is 18.3 Å². The second-order valence-corrected chi connectivity index (χ2v) is 5.09. The van der Waals surface area contributed by atoms with Gasteiger partial charge in [0.2, 0.25) is 0 Å². The topological polar surface area (TPSA) is 35.5 Å². The van der Waals surface area contributed by atoms with Gasteiger partial charge >= 0.3 is 6.18 Å². The van der Waals surface area contributed by atoms with E-state index in [1.54, 1.807) is 18.2 Å². The van der Waals surface area contributed by atoms with Crippen LogP contribution in [0, 0.1) is 0 Å². The molecule has 21 heavy (non-hydrogen) atoms. The maximum atomic E-state index is 12.7. The summed E-state index contributed by atoms with van der Waals surface area (Å²) in [5.41, 5.74) is 1.02. The zero-order valence-electron chi connectivity index (χ0n) is 11.9. The van der Waals surface area contributed by atoms with Gasteiger partial charge in [0, 0.05) is 13.1 Å². The number of aliphatic hydroxyl groups is 1. The van der Waals surface area contributed by atoms with E-state index >= 15 is 0 Å². The van der Waals surface area contributed by atoms with Gasteiger partial charge in [-0.05, 0) is 24.6 Å². The Morgan fingerprint density at radius 1 is 1.33 bits per heavy atom. The summed E-state index contributed by atoms with van der Waals surface area (Å²) in [6.45, 7) is 1.58. The van der Waals surface area contributed by atoms with Gasteiger partial charge in [-0.15, -0.1) is 0 Å². The summed E-state index contributed by atoms with van der Waals surface area (Å²) in [5, 5.41) is 12.4. The van der Waals surface area contributed by atoms with Crippen molar-refractivity contribution in [3.63, 3.8) is 0 Å². The minimum atomic E-state index is -4.36. The maximum Gasteiger partial charge on any atom is 0.405 e. The Kier molecular flexibility index (Phi) is 7.28. The number of rotatable bonds is 8. The van der Waals surface area contributed by atoms with Crippen LogP contribution in [0.4, 0.5) is 18.9 Å². The number of hydrogen-bond donors (Lipinski definition) is 2. The molecule has 0 aliphatic rings. The van der Waals surface area contributed by atoms with Gasteiger partial charge in [-0.25, -0.2) is 0 Å². The van der Waals surface area contributed by atoms with Crippen molar-refractivity contribution in [2.24, 2.45) is 0 Å². The molecular weight excluding hydrogens is 305 g/mol. The van der Waals surface area contributed by atoms with Crippen LogP contribution in [0.2, 0.25) is 5.02 Å². The van der Waals surface area contributed by atoms with E-state index in [9.17, 15) is 13.2 Å². The van der Waals surface area contributed by atoms with Crippen molar-refractivity contribution in [2.45, 2.75) is 26.1 Å². The minimum Gasteiger partial charge on any atom is -0.395 e. The first-order valence-electron chi connectivity index (χ1n) is 6.79. The highest BCUT2D eigenvalue weighted by Gasteiger charge is 2.32. The number of hydrogen-bond acceptors (Lipinski definition) is 3. The van der Waals surface area contributed by atoms with E-state index in [1.165, 1.54) is 0 Å². The van der Waals surface area contributed by atoms with Crippen LogP contribution in [0.1, 0.15) is 18.9 Å². The summed E-state index contributed by atoms with van der Waals surface area (Å²) in [6.07, 6.45) is -3.43. The highest BCUT2D eigenvalue weighted by atomic mass is 35.5. The zero-order valence-corrected chi connectivity index (χ0v) is 12.6. The summed E-state index contributed by atoms with van der Waals surface area (Å²) in [7, 11) is 0. The third kappa shape index (κ3) is 6.11. The Morgan fingerprint density at radius 3 is 2.62 bits per heavy atom.